The average Bonchev–Trinajstić information content (AvgIpc) is 2.66. The molecule has 108 valence electrons. The lowest BCUT2D eigenvalue weighted by Crippen LogP contribution is -2.45. The van der Waals surface area contributed by atoms with Gasteiger partial charge in [0.1, 0.15) is 4.21 Å². The van der Waals surface area contributed by atoms with Crippen molar-refractivity contribution in [2.75, 3.05) is 6.54 Å². The van der Waals surface area contributed by atoms with Gasteiger partial charge in [-0.1, -0.05) is 6.08 Å². The maximum absolute atomic E-state index is 12.7. The van der Waals surface area contributed by atoms with Crippen molar-refractivity contribution in [3.8, 4) is 0 Å². The molecular formula is C13H21NO3S2. The minimum atomic E-state index is -3.56. The Morgan fingerprint density at radius 1 is 1.47 bits per heavy atom. The van der Waals surface area contributed by atoms with E-state index in [1.807, 2.05) is 20.8 Å². The molecule has 0 aliphatic heterocycles. The van der Waals surface area contributed by atoms with E-state index in [1.165, 1.54) is 4.31 Å². The summed E-state index contributed by atoms with van der Waals surface area (Å²) in [6.45, 7) is 11.1. The fourth-order valence-corrected chi connectivity index (χ4v) is 5.05. The molecule has 0 aromatic carbocycles. The smallest absolute Gasteiger partial charge is 0.253 e. The van der Waals surface area contributed by atoms with Crippen LogP contribution in [0.15, 0.2) is 22.9 Å². The largest absolute Gasteiger partial charge is 0.391 e. The van der Waals surface area contributed by atoms with Crippen LogP contribution < -0.4 is 0 Å². The van der Waals surface area contributed by atoms with Crippen LogP contribution in [0.25, 0.3) is 0 Å². The van der Waals surface area contributed by atoms with Crippen molar-refractivity contribution in [1.82, 2.24) is 4.31 Å². The van der Waals surface area contributed by atoms with Gasteiger partial charge in [-0.25, -0.2) is 8.42 Å². The van der Waals surface area contributed by atoms with Crippen LogP contribution in [0.1, 0.15) is 31.2 Å². The van der Waals surface area contributed by atoms with Gasteiger partial charge < -0.3 is 5.11 Å². The first kappa shape index (κ1) is 16.4. The van der Waals surface area contributed by atoms with Crippen molar-refractivity contribution in [1.29, 1.82) is 0 Å². The molecule has 0 spiro atoms. The fraction of sp³-hybridized carbons (Fsp3) is 0.538. The Labute approximate surface area is 119 Å². The third-order valence-corrected chi connectivity index (χ3v) is 6.53. The zero-order valence-corrected chi connectivity index (χ0v) is 13.4. The van der Waals surface area contributed by atoms with Crippen LogP contribution in [0.4, 0.5) is 0 Å². The molecule has 1 heterocycles. The van der Waals surface area contributed by atoms with Crippen LogP contribution in [0.3, 0.4) is 0 Å². The summed E-state index contributed by atoms with van der Waals surface area (Å²) >= 11 is 1.12. The Hall–Kier alpha value is -0.690. The maximum atomic E-state index is 12.7. The van der Waals surface area contributed by atoms with E-state index in [0.717, 1.165) is 16.9 Å². The summed E-state index contributed by atoms with van der Waals surface area (Å²) in [4.78, 5) is 0.686. The first-order chi connectivity index (χ1) is 8.64. The predicted octanol–water partition coefficient (Wildman–Crippen LogP) is 2.52. The van der Waals surface area contributed by atoms with Crippen molar-refractivity contribution < 1.29 is 13.5 Å². The zero-order valence-electron chi connectivity index (χ0n) is 11.8. The molecule has 6 heteroatoms. The highest BCUT2D eigenvalue weighted by Crippen LogP contribution is 2.31. The summed E-state index contributed by atoms with van der Waals surface area (Å²) in [6.07, 6.45) is 1.58. The van der Waals surface area contributed by atoms with E-state index in [1.54, 1.807) is 19.1 Å². The van der Waals surface area contributed by atoms with Gasteiger partial charge in [0.05, 0.1) is 6.61 Å². The first-order valence-corrected chi connectivity index (χ1v) is 8.24. The van der Waals surface area contributed by atoms with Crippen LogP contribution >= 0.6 is 11.3 Å². The first-order valence-electron chi connectivity index (χ1n) is 5.98. The van der Waals surface area contributed by atoms with Crippen molar-refractivity contribution in [2.24, 2.45) is 0 Å². The van der Waals surface area contributed by atoms with Gasteiger partial charge in [0, 0.05) is 17.0 Å². The second kappa shape index (κ2) is 5.75. The molecule has 1 aromatic rings. The number of aryl methyl sites for hydroxylation is 1. The molecule has 0 unspecified atom stereocenters. The Morgan fingerprint density at radius 2 is 2.05 bits per heavy atom. The second-order valence-electron chi connectivity index (χ2n) is 5.33. The summed E-state index contributed by atoms with van der Waals surface area (Å²) in [5.41, 5.74) is 0.281. The molecule has 0 bridgehead atoms. The lowest BCUT2D eigenvalue weighted by atomic mass is 10.1. The number of thiophene rings is 1. The van der Waals surface area contributed by atoms with Gasteiger partial charge >= 0.3 is 0 Å². The van der Waals surface area contributed by atoms with Crippen LogP contribution in [0.5, 0.6) is 0 Å². The Balaban J connectivity index is 3.30. The van der Waals surface area contributed by atoms with E-state index in [-0.39, 0.29) is 17.4 Å². The van der Waals surface area contributed by atoms with Gasteiger partial charge in [0.15, 0.2) is 0 Å². The molecule has 0 aliphatic carbocycles. The van der Waals surface area contributed by atoms with Crippen molar-refractivity contribution >= 4 is 21.4 Å². The van der Waals surface area contributed by atoms with Crippen molar-refractivity contribution in [3.05, 3.63) is 29.2 Å². The van der Waals surface area contributed by atoms with Gasteiger partial charge in [-0.05, 0) is 39.3 Å². The lowest BCUT2D eigenvalue weighted by molar-refractivity contribution is 0.270. The highest BCUT2D eigenvalue weighted by atomic mass is 32.2. The summed E-state index contributed by atoms with van der Waals surface area (Å²) < 4.78 is 27.0. The molecule has 19 heavy (non-hydrogen) atoms. The topological polar surface area (TPSA) is 57.6 Å². The third-order valence-electron chi connectivity index (χ3n) is 2.73. The molecular weight excluding hydrogens is 282 g/mol. The second-order valence-corrected chi connectivity index (χ2v) is 8.55. The third kappa shape index (κ3) is 3.45. The minimum absolute atomic E-state index is 0.136. The molecule has 0 radical (unpaired) electrons. The number of hydrogen-bond acceptors (Lipinski definition) is 4. The van der Waals surface area contributed by atoms with Crippen LogP contribution in [-0.2, 0) is 16.6 Å². The van der Waals surface area contributed by atoms with Crippen molar-refractivity contribution in [2.45, 2.75) is 44.0 Å². The standard InChI is InChI=1S/C13H21NO3S2/c1-6-7-14(13(3,4)5)19(16,17)12-8-10(2)11(9-15)18-12/h6,8,15H,1,7,9H2,2-5H3. The number of aliphatic hydroxyl groups is 1. The monoisotopic (exact) mass is 303 g/mol. The molecule has 0 aliphatic rings. The number of aliphatic hydroxyl groups excluding tert-OH is 1. The van der Waals surface area contributed by atoms with E-state index in [9.17, 15) is 13.5 Å². The normalized spacial score (nSPS) is 12.9. The molecule has 0 saturated heterocycles. The average molecular weight is 303 g/mol. The molecule has 0 fully saturated rings. The lowest BCUT2D eigenvalue weighted by Gasteiger charge is -2.33. The summed E-state index contributed by atoms with van der Waals surface area (Å²) in [5.74, 6) is 0. The predicted molar refractivity (Wildman–Crippen MR) is 78.8 cm³/mol. The molecule has 0 amide bonds. The Bertz CT molecular complexity index is 553. The van der Waals surface area contributed by atoms with E-state index in [4.69, 9.17) is 0 Å². The van der Waals surface area contributed by atoms with E-state index in [2.05, 4.69) is 6.58 Å². The number of rotatable bonds is 5. The number of sulfonamides is 1. The highest BCUT2D eigenvalue weighted by Gasteiger charge is 2.34. The van der Waals surface area contributed by atoms with Gasteiger partial charge in [0.25, 0.3) is 10.0 Å². The quantitative estimate of drug-likeness (QED) is 0.850. The molecule has 1 aromatic heterocycles. The summed E-state index contributed by atoms with van der Waals surface area (Å²) in [6, 6.07) is 1.62. The van der Waals surface area contributed by atoms with E-state index in [0.29, 0.717) is 4.88 Å². The van der Waals surface area contributed by atoms with Crippen LogP contribution in [0, 0.1) is 6.92 Å². The fourth-order valence-electron chi connectivity index (χ4n) is 1.73. The van der Waals surface area contributed by atoms with Gasteiger partial charge in [-0.2, -0.15) is 4.31 Å². The van der Waals surface area contributed by atoms with Crippen molar-refractivity contribution in [3.63, 3.8) is 0 Å². The van der Waals surface area contributed by atoms with Gasteiger partial charge in [-0.3, -0.25) is 0 Å². The molecule has 4 nitrogen and oxygen atoms in total. The number of hydrogen-bond donors (Lipinski definition) is 1. The minimum Gasteiger partial charge on any atom is -0.391 e. The molecule has 1 N–H and O–H groups in total. The summed E-state index contributed by atoms with van der Waals surface area (Å²) in [5, 5.41) is 9.19. The van der Waals surface area contributed by atoms with Gasteiger partial charge in [0.2, 0.25) is 0 Å². The molecule has 0 atom stereocenters. The summed E-state index contributed by atoms with van der Waals surface area (Å²) in [7, 11) is -3.56. The van der Waals surface area contributed by atoms with Crippen LogP contribution in [-0.4, -0.2) is 29.9 Å². The van der Waals surface area contributed by atoms with E-state index < -0.39 is 15.6 Å². The Morgan fingerprint density at radius 3 is 2.42 bits per heavy atom. The van der Waals surface area contributed by atoms with Gasteiger partial charge in [-0.15, -0.1) is 17.9 Å². The van der Waals surface area contributed by atoms with Crippen LogP contribution in [0.2, 0.25) is 0 Å². The number of nitrogens with zero attached hydrogens (tertiary/aromatic N) is 1. The molecule has 0 saturated carbocycles. The highest BCUT2D eigenvalue weighted by molar-refractivity contribution is 7.91. The molecule has 1 rings (SSSR count). The maximum Gasteiger partial charge on any atom is 0.253 e. The van der Waals surface area contributed by atoms with E-state index >= 15 is 0 Å². The SMILES string of the molecule is C=CCN(C(C)(C)C)S(=O)(=O)c1cc(C)c(CO)s1. The Kier molecular flexibility index (Phi) is 4.95. The zero-order chi connectivity index (χ0) is 14.8.